The van der Waals surface area contributed by atoms with Gasteiger partial charge in [0.05, 0.1) is 10.6 Å². The summed E-state index contributed by atoms with van der Waals surface area (Å²) >= 11 is 6.15. The van der Waals surface area contributed by atoms with Gasteiger partial charge in [0.15, 0.2) is 0 Å². The quantitative estimate of drug-likeness (QED) is 0.400. The molecule has 0 aliphatic rings. The Hall–Kier alpha value is -3.36. The molecule has 0 radical (unpaired) electrons. The normalized spacial score (nSPS) is 12.2. The number of carbonyl (C=O) groups excluding carboxylic acids is 2. The number of sulfonamides is 1. The number of nitrogens with zero attached hydrogens (tertiary/aromatic N) is 2. The van der Waals surface area contributed by atoms with E-state index in [9.17, 15) is 18.0 Å². The first-order chi connectivity index (χ1) is 17.5. The number of para-hydroxylation sites is 1. The SMILES string of the molecule is Cc1ccc(S(=O)(=O)N(CC(=O)N(Cc2cccc(Cl)c2)[C@H](C)C(=O)NC(C)C)c2ccccc2)cc1. The van der Waals surface area contributed by atoms with Gasteiger partial charge in [0.1, 0.15) is 12.6 Å². The molecule has 3 aromatic carbocycles. The lowest BCUT2D eigenvalue weighted by Crippen LogP contribution is -2.52. The van der Waals surface area contributed by atoms with Gasteiger partial charge < -0.3 is 10.2 Å². The van der Waals surface area contributed by atoms with Crippen molar-refractivity contribution in [2.24, 2.45) is 0 Å². The number of benzene rings is 3. The molecule has 0 fully saturated rings. The number of hydrogen-bond donors (Lipinski definition) is 1. The summed E-state index contributed by atoms with van der Waals surface area (Å²) in [6.45, 7) is 6.76. The van der Waals surface area contributed by atoms with Crippen LogP contribution in [0.5, 0.6) is 0 Å². The van der Waals surface area contributed by atoms with Crippen LogP contribution in [0.1, 0.15) is 31.9 Å². The molecule has 1 N–H and O–H groups in total. The summed E-state index contributed by atoms with van der Waals surface area (Å²) < 4.78 is 28.5. The lowest BCUT2D eigenvalue weighted by Gasteiger charge is -2.32. The van der Waals surface area contributed by atoms with E-state index in [1.807, 2.05) is 20.8 Å². The maximum absolute atomic E-state index is 13.8. The Morgan fingerprint density at radius 2 is 1.57 bits per heavy atom. The summed E-state index contributed by atoms with van der Waals surface area (Å²) in [4.78, 5) is 28.1. The number of aryl methyl sites for hydroxylation is 1. The van der Waals surface area contributed by atoms with Crippen LogP contribution in [0.25, 0.3) is 0 Å². The Kier molecular flexibility index (Phi) is 9.34. The predicted molar refractivity (Wildman–Crippen MR) is 147 cm³/mol. The fraction of sp³-hybridized carbons (Fsp3) is 0.286. The minimum absolute atomic E-state index is 0.0711. The van der Waals surface area contributed by atoms with Gasteiger partial charge in [0.2, 0.25) is 11.8 Å². The zero-order valence-corrected chi connectivity index (χ0v) is 23.0. The Balaban J connectivity index is 2.00. The minimum Gasteiger partial charge on any atom is -0.352 e. The fourth-order valence-corrected chi connectivity index (χ4v) is 5.41. The number of anilines is 1. The summed E-state index contributed by atoms with van der Waals surface area (Å²) in [6, 6.07) is 20.9. The van der Waals surface area contributed by atoms with Crippen LogP contribution in [0.2, 0.25) is 5.02 Å². The summed E-state index contributed by atoms with van der Waals surface area (Å²) in [5.41, 5.74) is 1.98. The highest BCUT2D eigenvalue weighted by molar-refractivity contribution is 7.92. The lowest BCUT2D eigenvalue weighted by molar-refractivity contribution is -0.139. The average molecular weight is 542 g/mol. The second-order valence-corrected chi connectivity index (χ2v) is 11.4. The van der Waals surface area contributed by atoms with Crippen LogP contribution in [0.15, 0.2) is 83.8 Å². The third kappa shape index (κ3) is 7.33. The van der Waals surface area contributed by atoms with Crippen LogP contribution >= 0.6 is 11.6 Å². The highest BCUT2D eigenvalue weighted by Gasteiger charge is 2.32. The fourth-order valence-electron chi connectivity index (χ4n) is 3.78. The first kappa shape index (κ1) is 28.2. The molecule has 37 heavy (non-hydrogen) atoms. The van der Waals surface area contributed by atoms with Crippen molar-refractivity contribution in [1.82, 2.24) is 10.2 Å². The molecule has 0 aliphatic carbocycles. The smallest absolute Gasteiger partial charge is 0.264 e. The predicted octanol–water partition coefficient (Wildman–Crippen LogP) is 4.79. The highest BCUT2D eigenvalue weighted by atomic mass is 35.5. The van der Waals surface area contributed by atoms with Crippen LogP contribution in [-0.4, -0.2) is 43.8 Å². The van der Waals surface area contributed by atoms with E-state index < -0.39 is 28.5 Å². The lowest BCUT2D eigenvalue weighted by atomic mass is 10.1. The van der Waals surface area contributed by atoms with E-state index in [1.54, 1.807) is 73.7 Å². The monoisotopic (exact) mass is 541 g/mol. The van der Waals surface area contributed by atoms with Gasteiger partial charge in [-0.2, -0.15) is 0 Å². The molecule has 2 amide bonds. The van der Waals surface area contributed by atoms with E-state index in [-0.39, 0.29) is 23.4 Å². The number of hydrogen-bond acceptors (Lipinski definition) is 4. The topological polar surface area (TPSA) is 86.8 Å². The average Bonchev–Trinajstić information content (AvgIpc) is 2.85. The van der Waals surface area contributed by atoms with Crippen LogP contribution in [0.3, 0.4) is 0 Å². The standard InChI is InChI=1S/C28H32ClN3O4S/c1-20(2)30-28(34)22(4)31(18-23-9-8-10-24(29)17-23)27(33)19-32(25-11-6-5-7-12-25)37(35,36)26-15-13-21(3)14-16-26/h5-17,20,22H,18-19H2,1-4H3,(H,30,34)/t22-/m1/s1. The molecule has 196 valence electrons. The van der Waals surface area contributed by atoms with E-state index in [4.69, 9.17) is 11.6 Å². The third-order valence-corrected chi connectivity index (χ3v) is 7.80. The van der Waals surface area contributed by atoms with Gasteiger partial charge in [-0.15, -0.1) is 0 Å². The first-order valence-corrected chi connectivity index (χ1v) is 13.8. The van der Waals surface area contributed by atoms with E-state index in [1.165, 1.54) is 17.0 Å². The number of amides is 2. The van der Waals surface area contributed by atoms with Gasteiger partial charge in [-0.1, -0.05) is 59.6 Å². The van der Waals surface area contributed by atoms with Gasteiger partial charge >= 0.3 is 0 Å². The maximum atomic E-state index is 13.8. The molecule has 0 unspecified atom stereocenters. The summed E-state index contributed by atoms with van der Waals surface area (Å²) in [5.74, 6) is -0.857. The third-order valence-electron chi connectivity index (χ3n) is 5.77. The Labute approximate surface area is 224 Å². The van der Waals surface area contributed by atoms with Crippen molar-refractivity contribution < 1.29 is 18.0 Å². The van der Waals surface area contributed by atoms with Gasteiger partial charge in [-0.25, -0.2) is 8.42 Å². The molecular formula is C28H32ClN3O4S. The molecule has 0 bridgehead atoms. The largest absolute Gasteiger partial charge is 0.352 e. The molecule has 0 spiro atoms. The summed E-state index contributed by atoms with van der Waals surface area (Å²) in [5, 5.41) is 3.33. The van der Waals surface area contributed by atoms with Crippen molar-refractivity contribution in [2.75, 3.05) is 10.8 Å². The molecule has 0 aliphatic heterocycles. The zero-order valence-electron chi connectivity index (χ0n) is 21.4. The number of rotatable bonds is 10. The second-order valence-electron chi connectivity index (χ2n) is 9.15. The molecule has 0 heterocycles. The van der Waals surface area contributed by atoms with Crippen LogP contribution < -0.4 is 9.62 Å². The minimum atomic E-state index is -4.08. The van der Waals surface area contributed by atoms with Gasteiger partial charge in [-0.05, 0) is 69.7 Å². The zero-order chi connectivity index (χ0) is 27.2. The van der Waals surface area contributed by atoms with Crippen molar-refractivity contribution in [2.45, 2.75) is 51.2 Å². The van der Waals surface area contributed by atoms with Crippen LogP contribution in [0, 0.1) is 6.92 Å². The Morgan fingerprint density at radius 1 is 0.919 bits per heavy atom. The first-order valence-electron chi connectivity index (χ1n) is 12.0. The molecule has 1 atom stereocenters. The molecule has 0 saturated heterocycles. The maximum Gasteiger partial charge on any atom is 0.264 e. The van der Waals surface area contributed by atoms with E-state index in [2.05, 4.69) is 5.32 Å². The van der Waals surface area contributed by atoms with Gasteiger partial charge in [-0.3, -0.25) is 13.9 Å². The van der Waals surface area contributed by atoms with Crippen molar-refractivity contribution in [3.8, 4) is 0 Å². The molecule has 3 rings (SSSR count). The van der Waals surface area contributed by atoms with E-state index in [0.29, 0.717) is 10.7 Å². The van der Waals surface area contributed by atoms with E-state index in [0.717, 1.165) is 15.4 Å². The highest BCUT2D eigenvalue weighted by Crippen LogP contribution is 2.25. The second kappa shape index (κ2) is 12.3. The van der Waals surface area contributed by atoms with Crippen LogP contribution in [0.4, 0.5) is 5.69 Å². The van der Waals surface area contributed by atoms with Crippen molar-refractivity contribution in [1.29, 1.82) is 0 Å². The Morgan fingerprint density at radius 3 is 2.16 bits per heavy atom. The summed E-state index contributed by atoms with van der Waals surface area (Å²) in [6.07, 6.45) is 0. The molecule has 0 saturated carbocycles. The van der Waals surface area contributed by atoms with Gasteiger partial charge in [0, 0.05) is 17.6 Å². The van der Waals surface area contributed by atoms with E-state index >= 15 is 0 Å². The molecular weight excluding hydrogens is 510 g/mol. The molecule has 9 heteroatoms. The van der Waals surface area contributed by atoms with Crippen molar-refractivity contribution >= 4 is 39.1 Å². The van der Waals surface area contributed by atoms with Crippen molar-refractivity contribution in [3.05, 3.63) is 95.0 Å². The number of carbonyl (C=O) groups is 2. The molecule has 0 aromatic heterocycles. The van der Waals surface area contributed by atoms with Crippen molar-refractivity contribution in [3.63, 3.8) is 0 Å². The summed E-state index contributed by atoms with van der Waals surface area (Å²) in [7, 11) is -4.08. The number of nitrogens with one attached hydrogen (secondary N) is 1. The molecule has 7 nitrogen and oxygen atoms in total. The van der Waals surface area contributed by atoms with Crippen LogP contribution in [-0.2, 0) is 26.2 Å². The number of halogens is 1. The Bertz CT molecular complexity index is 1330. The van der Waals surface area contributed by atoms with Gasteiger partial charge in [0.25, 0.3) is 10.0 Å². The molecule has 3 aromatic rings.